The Balaban J connectivity index is 1.47. The summed E-state index contributed by atoms with van der Waals surface area (Å²) in [6, 6.07) is 5.70. The van der Waals surface area contributed by atoms with Gasteiger partial charge in [-0.25, -0.2) is 9.97 Å². The van der Waals surface area contributed by atoms with Crippen molar-refractivity contribution in [2.45, 2.75) is 26.8 Å². The Labute approximate surface area is 172 Å². The number of amides is 2. The Hall–Kier alpha value is -2.94. The number of hydrogen-bond acceptors (Lipinski definition) is 6. The average Bonchev–Trinajstić information content (AvgIpc) is 3.39. The fourth-order valence-corrected chi connectivity index (χ4v) is 4.50. The van der Waals surface area contributed by atoms with Crippen LogP contribution in [0.5, 0.6) is 5.75 Å². The van der Waals surface area contributed by atoms with E-state index in [0.717, 1.165) is 27.5 Å². The van der Waals surface area contributed by atoms with Gasteiger partial charge in [0.1, 0.15) is 11.6 Å². The van der Waals surface area contributed by atoms with Crippen molar-refractivity contribution in [1.29, 1.82) is 0 Å². The maximum absolute atomic E-state index is 12.8. The standard InChI is InChI=1S/C20H23N5O3S/c1-4-28-14-5-6-15-16(8-14)29-20(23-15)25-10-13(7-18(25)26)19(27)24(3)11-17-21-9-12(2)22-17/h5-6,8-9,13H,4,7,10-11H2,1-3H3,(H,21,22). The van der Waals surface area contributed by atoms with E-state index in [1.54, 1.807) is 23.0 Å². The molecule has 1 fully saturated rings. The van der Waals surface area contributed by atoms with Gasteiger partial charge in [-0.1, -0.05) is 11.3 Å². The van der Waals surface area contributed by atoms with Gasteiger partial charge in [0, 0.05) is 31.9 Å². The number of rotatable bonds is 6. The van der Waals surface area contributed by atoms with Gasteiger partial charge in [-0.3, -0.25) is 14.5 Å². The SMILES string of the molecule is CCOc1ccc2nc(N3CC(C(=O)N(C)Cc4ncc(C)[nH]4)CC3=O)sc2c1. The number of aromatic amines is 1. The molecule has 4 rings (SSSR count). The molecule has 1 atom stereocenters. The van der Waals surface area contributed by atoms with Crippen molar-refractivity contribution < 1.29 is 14.3 Å². The predicted molar refractivity (Wildman–Crippen MR) is 111 cm³/mol. The molecule has 1 aliphatic rings. The third kappa shape index (κ3) is 3.95. The summed E-state index contributed by atoms with van der Waals surface area (Å²) in [6.07, 6.45) is 1.93. The third-order valence-corrected chi connectivity index (χ3v) is 5.92. The van der Waals surface area contributed by atoms with Crippen LogP contribution < -0.4 is 9.64 Å². The van der Waals surface area contributed by atoms with E-state index in [1.165, 1.54) is 11.3 Å². The minimum atomic E-state index is -0.380. The summed E-state index contributed by atoms with van der Waals surface area (Å²) in [5.41, 5.74) is 1.77. The van der Waals surface area contributed by atoms with Crippen molar-refractivity contribution >= 4 is 38.5 Å². The zero-order valence-corrected chi connectivity index (χ0v) is 17.5. The van der Waals surface area contributed by atoms with Gasteiger partial charge in [-0.2, -0.15) is 0 Å². The summed E-state index contributed by atoms with van der Waals surface area (Å²) in [6.45, 7) is 5.18. The van der Waals surface area contributed by atoms with Crippen LogP contribution in [0.4, 0.5) is 5.13 Å². The lowest BCUT2D eigenvalue weighted by molar-refractivity contribution is -0.135. The molecule has 1 saturated heterocycles. The number of ether oxygens (including phenoxy) is 1. The molecule has 1 aromatic carbocycles. The van der Waals surface area contributed by atoms with Crippen molar-refractivity contribution in [3.05, 3.63) is 35.9 Å². The highest BCUT2D eigenvalue weighted by Gasteiger charge is 2.38. The lowest BCUT2D eigenvalue weighted by Gasteiger charge is -2.20. The Kier molecular flexibility index (Phi) is 5.23. The number of fused-ring (bicyclic) bond motifs is 1. The van der Waals surface area contributed by atoms with Crippen molar-refractivity contribution in [2.75, 3.05) is 25.1 Å². The quantitative estimate of drug-likeness (QED) is 0.671. The first-order valence-electron chi connectivity index (χ1n) is 9.53. The van der Waals surface area contributed by atoms with Crippen LogP contribution in [0.3, 0.4) is 0 Å². The maximum atomic E-state index is 12.8. The molecule has 0 spiro atoms. The number of aryl methyl sites for hydroxylation is 1. The van der Waals surface area contributed by atoms with E-state index in [9.17, 15) is 9.59 Å². The van der Waals surface area contributed by atoms with Crippen molar-refractivity contribution in [1.82, 2.24) is 19.9 Å². The number of hydrogen-bond donors (Lipinski definition) is 1. The number of thiazole rings is 1. The number of H-pyrrole nitrogens is 1. The van der Waals surface area contributed by atoms with Crippen LogP contribution in [0.25, 0.3) is 10.2 Å². The summed E-state index contributed by atoms with van der Waals surface area (Å²) in [7, 11) is 1.74. The summed E-state index contributed by atoms with van der Waals surface area (Å²) in [4.78, 5) is 40.6. The summed E-state index contributed by atoms with van der Waals surface area (Å²) < 4.78 is 6.49. The van der Waals surface area contributed by atoms with Crippen molar-refractivity contribution in [3.8, 4) is 5.75 Å². The number of nitrogens with one attached hydrogen (secondary N) is 1. The van der Waals surface area contributed by atoms with Crippen LogP contribution in [0.15, 0.2) is 24.4 Å². The van der Waals surface area contributed by atoms with Gasteiger partial charge in [0.2, 0.25) is 11.8 Å². The molecular formula is C20H23N5O3S. The normalized spacial score (nSPS) is 16.6. The summed E-state index contributed by atoms with van der Waals surface area (Å²) in [5.74, 6) is 1.00. The number of nitrogens with zero attached hydrogens (tertiary/aromatic N) is 4. The topological polar surface area (TPSA) is 91.4 Å². The van der Waals surface area contributed by atoms with E-state index < -0.39 is 0 Å². The Morgan fingerprint density at radius 3 is 3.00 bits per heavy atom. The number of carbonyl (C=O) groups is 2. The van der Waals surface area contributed by atoms with E-state index in [1.807, 2.05) is 32.0 Å². The van der Waals surface area contributed by atoms with Crippen LogP contribution >= 0.6 is 11.3 Å². The van der Waals surface area contributed by atoms with Crippen LogP contribution in [0, 0.1) is 12.8 Å². The van der Waals surface area contributed by atoms with Gasteiger partial charge in [0.05, 0.1) is 29.3 Å². The van der Waals surface area contributed by atoms with Crippen LogP contribution in [0.2, 0.25) is 0 Å². The van der Waals surface area contributed by atoms with Crippen LogP contribution in [0.1, 0.15) is 24.9 Å². The molecule has 0 saturated carbocycles. The molecule has 1 unspecified atom stereocenters. The minimum absolute atomic E-state index is 0.0605. The predicted octanol–water partition coefficient (Wildman–Crippen LogP) is 2.74. The first-order valence-corrected chi connectivity index (χ1v) is 10.4. The smallest absolute Gasteiger partial charge is 0.229 e. The lowest BCUT2D eigenvalue weighted by Crippen LogP contribution is -2.34. The molecule has 0 aliphatic carbocycles. The summed E-state index contributed by atoms with van der Waals surface area (Å²) >= 11 is 1.44. The lowest BCUT2D eigenvalue weighted by atomic mass is 10.1. The molecule has 2 amide bonds. The highest BCUT2D eigenvalue weighted by Crippen LogP contribution is 2.34. The van der Waals surface area contributed by atoms with Gasteiger partial charge in [-0.05, 0) is 32.0 Å². The van der Waals surface area contributed by atoms with Gasteiger partial charge < -0.3 is 14.6 Å². The van der Waals surface area contributed by atoms with Gasteiger partial charge in [-0.15, -0.1) is 0 Å². The van der Waals surface area contributed by atoms with E-state index in [2.05, 4.69) is 15.0 Å². The minimum Gasteiger partial charge on any atom is -0.494 e. The summed E-state index contributed by atoms with van der Waals surface area (Å²) in [5, 5.41) is 0.623. The largest absolute Gasteiger partial charge is 0.494 e. The van der Waals surface area contributed by atoms with Crippen LogP contribution in [-0.2, 0) is 16.1 Å². The highest BCUT2D eigenvalue weighted by molar-refractivity contribution is 7.22. The monoisotopic (exact) mass is 413 g/mol. The van der Waals surface area contributed by atoms with E-state index in [-0.39, 0.29) is 24.2 Å². The van der Waals surface area contributed by atoms with Crippen molar-refractivity contribution in [3.63, 3.8) is 0 Å². The first-order chi connectivity index (χ1) is 13.9. The Bertz CT molecular complexity index is 1060. The first kappa shape index (κ1) is 19.4. The molecule has 29 heavy (non-hydrogen) atoms. The molecule has 8 nitrogen and oxygen atoms in total. The molecule has 9 heteroatoms. The molecule has 3 heterocycles. The van der Waals surface area contributed by atoms with Crippen molar-refractivity contribution in [2.24, 2.45) is 5.92 Å². The third-order valence-electron chi connectivity index (χ3n) is 4.88. The zero-order chi connectivity index (χ0) is 20.5. The second-order valence-corrected chi connectivity index (χ2v) is 8.18. The Morgan fingerprint density at radius 1 is 1.45 bits per heavy atom. The number of anilines is 1. The second-order valence-electron chi connectivity index (χ2n) is 7.17. The molecule has 0 radical (unpaired) electrons. The van der Waals surface area contributed by atoms with E-state index in [4.69, 9.17) is 4.74 Å². The molecule has 152 valence electrons. The molecule has 0 bridgehead atoms. The molecule has 1 N–H and O–H groups in total. The average molecular weight is 414 g/mol. The molecule has 3 aromatic rings. The maximum Gasteiger partial charge on any atom is 0.229 e. The fraction of sp³-hybridized carbons (Fsp3) is 0.400. The Morgan fingerprint density at radius 2 is 2.28 bits per heavy atom. The number of benzene rings is 1. The molecule has 1 aliphatic heterocycles. The van der Waals surface area contributed by atoms with Gasteiger partial charge >= 0.3 is 0 Å². The zero-order valence-electron chi connectivity index (χ0n) is 16.6. The fourth-order valence-electron chi connectivity index (χ4n) is 3.48. The van der Waals surface area contributed by atoms with E-state index in [0.29, 0.717) is 24.8 Å². The van der Waals surface area contributed by atoms with Gasteiger partial charge in [0.25, 0.3) is 0 Å². The number of aromatic nitrogens is 3. The van der Waals surface area contributed by atoms with E-state index >= 15 is 0 Å². The highest BCUT2D eigenvalue weighted by atomic mass is 32.1. The second kappa shape index (κ2) is 7.82. The molecular weight excluding hydrogens is 390 g/mol. The van der Waals surface area contributed by atoms with Crippen LogP contribution in [-0.4, -0.2) is 51.9 Å². The molecule has 2 aromatic heterocycles. The number of carbonyl (C=O) groups excluding carboxylic acids is 2. The number of imidazole rings is 1. The van der Waals surface area contributed by atoms with Gasteiger partial charge in [0.15, 0.2) is 5.13 Å².